The van der Waals surface area contributed by atoms with Crippen molar-refractivity contribution in [1.82, 2.24) is 9.97 Å². The number of thioether (sulfide) groups is 1. The highest BCUT2D eigenvalue weighted by Crippen LogP contribution is 2.29. The van der Waals surface area contributed by atoms with Crippen LogP contribution in [0.1, 0.15) is 17.7 Å². The van der Waals surface area contributed by atoms with E-state index >= 15 is 0 Å². The first-order valence-electron chi connectivity index (χ1n) is 7.69. The second-order valence-electron chi connectivity index (χ2n) is 5.40. The molecule has 0 aliphatic carbocycles. The summed E-state index contributed by atoms with van der Waals surface area (Å²) in [6.45, 7) is 1.93. The Bertz CT molecular complexity index is 870. The van der Waals surface area contributed by atoms with Gasteiger partial charge in [-0.1, -0.05) is 23.4 Å². The number of benzene rings is 1. The topological polar surface area (TPSA) is 69.9 Å². The molecule has 0 aliphatic rings. The van der Waals surface area contributed by atoms with Crippen LogP contribution < -0.4 is 4.90 Å². The number of hydrogen-bond acceptors (Lipinski definition) is 5. The van der Waals surface area contributed by atoms with E-state index in [-0.39, 0.29) is 29.8 Å². The van der Waals surface area contributed by atoms with E-state index in [4.69, 9.17) is 16.9 Å². The molecule has 0 radical (unpaired) electrons. The third kappa shape index (κ3) is 5.84. The van der Waals surface area contributed by atoms with Crippen molar-refractivity contribution >= 4 is 35.0 Å². The van der Waals surface area contributed by atoms with Crippen LogP contribution in [0.15, 0.2) is 35.6 Å². The molecular formula is C17H14ClF3N4OS. The zero-order chi connectivity index (χ0) is 20.0. The van der Waals surface area contributed by atoms with Crippen LogP contribution in [-0.4, -0.2) is 28.2 Å². The predicted octanol–water partition coefficient (Wildman–Crippen LogP) is 4.50. The summed E-state index contributed by atoms with van der Waals surface area (Å²) in [5.41, 5.74) is 0.252. The highest BCUT2D eigenvalue weighted by molar-refractivity contribution is 7.99. The largest absolute Gasteiger partial charge is 0.433 e. The summed E-state index contributed by atoms with van der Waals surface area (Å²) in [6.07, 6.45) is -3.47. The molecule has 0 N–H and O–H groups in total. The SMILES string of the molecule is Cc1cc(N(CCC#N)C(=O)CSc2nccc(C(F)(F)F)n2)ccc1Cl. The van der Waals surface area contributed by atoms with Gasteiger partial charge in [-0.05, 0) is 36.8 Å². The van der Waals surface area contributed by atoms with Gasteiger partial charge in [-0.3, -0.25) is 4.79 Å². The second kappa shape index (κ2) is 9.06. The smallest absolute Gasteiger partial charge is 0.311 e. The molecule has 1 amide bonds. The third-order valence-electron chi connectivity index (χ3n) is 3.45. The van der Waals surface area contributed by atoms with Gasteiger partial charge < -0.3 is 4.90 Å². The number of amides is 1. The zero-order valence-corrected chi connectivity index (χ0v) is 15.7. The van der Waals surface area contributed by atoms with Crippen LogP contribution in [-0.2, 0) is 11.0 Å². The Balaban J connectivity index is 2.14. The van der Waals surface area contributed by atoms with Gasteiger partial charge in [-0.2, -0.15) is 18.4 Å². The molecule has 2 aromatic rings. The van der Waals surface area contributed by atoms with Gasteiger partial charge >= 0.3 is 6.18 Å². The van der Waals surface area contributed by atoms with Crippen LogP contribution in [0.4, 0.5) is 18.9 Å². The van der Waals surface area contributed by atoms with Crippen molar-refractivity contribution in [2.75, 3.05) is 17.2 Å². The lowest BCUT2D eigenvalue weighted by atomic mass is 10.2. The minimum atomic E-state index is -4.58. The Morgan fingerprint density at radius 2 is 2.11 bits per heavy atom. The summed E-state index contributed by atoms with van der Waals surface area (Å²) in [6, 6.07) is 7.74. The maximum absolute atomic E-state index is 12.7. The van der Waals surface area contributed by atoms with Crippen molar-refractivity contribution in [3.05, 3.63) is 46.7 Å². The number of halogens is 4. The molecule has 1 aromatic carbocycles. The van der Waals surface area contributed by atoms with Gasteiger partial charge in [-0.15, -0.1) is 0 Å². The molecule has 142 valence electrons. The molecular weight excluding hydrogens is 401 g/mol. The molecule has 0 spiro atoms. The normalized spacial score (nSPS) is 11.1. The molecule has 0 bridgehead atoms. The maximum Gasteiger partial charge on any atom is 0.433 e. The number of aryl methyl sites for hydroxylation is 1. The monoisotopic (exact) mass is 414 g/mol. The Kier molecular flexibility index (Phi) is 7.05. The first kappa shape index (κ1) is 21.0. The van der Waals surface area contributed by atoms with Gasteiger partial charge in [0.2, 0.25) is 5.91 Å². The van der Waals surface area contributed by atoms with Crippen LogP contribution in [0, 0.1) is 18.3 Å². The van der Waals surface area contributed by atoms with Gasteiger partial charge in [0.25, 0.3) is 0 Å². The summed E-state index contributed by atoms with van der Waals surface area (Å²) >= 11 is 6.79. The Morgan fingerprint density at radius 1 is 1.37 bits per heavy atom. The van der Waals surface area contributed by atoms with Gasteiger partial charge in [0.1, 0.15) is 5.69 Å². The lowest BCUT2D eigenvalue weighted by Gasteiger charge is -2.22. The van der Waals surface area contributed by atoms with E-state index in [0.717, 1.165) is 29.6 Å². The van der Waals surface area contributed by atoms with E-state index < -0.39 is 11.9 Å². The van der Waals surface area contributed by atoms with Crippen LogP contribution >= 0.6 is 23.4 Å². The fourth-order valence-corrected chi connectivity index (χ4v) is 2.95. The molecule has 1 heterocycles. The summed E-state index contributed by atoms with van der Waals surface area (Å²) in [5.74, 6) is -0.549. The number of nitrogens with zero attached hydrogens (tertiary/aromatic N) is 4. The maximum atomic E-state index is 12.7. The van der Waals surface area contributed by atoms with E-state index in [1.54, 1.807) is 25.1 Å². The summed E-state index contributed by atoms with van der Waals surface area (Å²) in [4.78, 5) is 21.2. The second-order valence-corrected chi connectivity index (χ2v) is 6.75. The van der Waals surface area contributed by atoms with Crippen LogP contribution in [0.5, 0.6) is 0 Å². The van der Waals surface area contributed by atoms with Crippen LogP contribution in [0.3, 0.4) is 0 Å². The van der Waals surface area contributed by atoms with E-state index in [9.17, 15) is 18.0 Å². The molecule has 0 saturated heterocycles. The van der Waals surface area contributed by atoms with Gasteiger partial charge in [0, 0.05) is 23.5 Å². The van der Waals surface area contributed by atoms with E-state index in [1.165, 1.54) is 4.90 Å². The highest BCUT2D eigenvalue weighted by atomic mass is 35.5. The number of alkyl halides is 3. The van der Waals surface area contributed by atoms with E-state index in [2.05, 4.69) is 9.97 Å². The average Bonchev–Trinajstić information content (AvgIpc) is 2.62. The fourth-order valence-electron chi connectivity index (χ4n) is 2.13. The van der Waals surface area contributed by atoms with Crippen LogP contribution in [0.2, 0.25) is 5.02 Å². The Labute approximate surface area is 163 Å². The summed E-state index contributed by atoms with van der Waals surface area (Å²) in [7, 11) is 0. The van der Waals surface area contributed by atoms with E-state index in [0.29, 0.717) is 10.7 Å². The minimum Gasteiger partial charge on any atom is -0.311 e. The first-order valence-corrected chi connectivity index (χ1v) is 9.05. The number of nitriles is 1. The van der Waals surface area contributed by atoms with Gasteiger partial charge in [0.15, 0.2) is 5.16 Å². The van der Waals surface area contributed by atoms with Gasteiger partial charge in [0.05, 0.1) is 18.2 Å². The summed E-state index contributed by atoms with van der Waals surface area (Å²) in [5, 5.41) is 9.21. The lowest BCUT2D eigenvalue weighted by molar-refractivity contribution is -0.141. The third-order valence-corrected chi connectivity index (χ3v) is 4.72. The van der Waals surface area contributed by atoms with Crippen molar-refractivity contribution in [2.24, 2.45) is 0 Å². The van der Waals surface area contributed by atoms with Crippen LogP contribution in [0.25, 0.3) is 0 Å². The molecule has 1 aromatic heterocycles. The number of aromatic nitrogens is 2. The number of carbonyl (C=O) groups is 1. The highest BCUT2D eigenvalue weighted by Gasteiger charge is 2.32. The van der Waals surface area contributed by atoms with Crippen molar-refractivity contribution < 1.29 is 18.0 Å². The van der Waals surface area contributed by atoms with Crippen molar-refractivity contribution in [2.45, 2.75) is 24.7 Å². The van der Waals surface area contributed by atoms with Crippen molar-refractivity contribution in [1.29, 1.82) is 5.26 Å². The molecule has 0 unspecified atom stereocenters. The Hall–Kier alpha value is -2.31. The molecule has 0 fully saturated rings. The van der Waals surface area contributed by atoms with Crippen molar-refractivity contribution in [3.63, 3.8) is 0 Å². The molecule has 0 atom stereocenters. The van der Waals surface area contributed by atoms with Crippen molar-refractivity contribution in [3.8, 4) is 6.07 Å². The standard InChI is InChI=1S/C17H14ClF3N4OS/c1-11-9-12(3-4-13(11)18)25(8-2-6-22)15(26)10-27-16-23-7-5-14(24-16)17(19,20)21/h3-5,7,9H,2,8,10H2,1H3. The molecule has 5 nitrogen and oxygen atoms in total. The number of anilines is 1. The number of carbonyl (C=O) groups excluding carboxylic acids is 1. The van der Waals surface area contributed by atoms with E-state index in [1.807, 2.05) is 6.07 Å². The van der Waals surface area contributed by atoms with Gasteiger partial charge in [-0.25, -0.2) is 9.97 Å². The zero-order valence-electron chi connectivity index (χ0n) is 14.1. The first-order chi connectivity index (χ1) is 12.7. The minimum absolute atomic E-state index is 0.109. The lowest BCUT2D eigenvalue weighted by Crippen LogP contribution is -2.33. The summed E-state index contributed by atoms with van der Waals surface area (Å²) < 4.78 is 38.1. The fraction of sp³-hybridized carbons (Fsp3) is 0.294. The molecule has 10 heteroatoms. The number of hydrogen-bond donors (Lipinski definition) is 0. The Morgan fingerprint density at radius 3 is 2.74 bits per heavy atom. The molecule has 0 saturated carbocycles. The predicted molar refractivity (Wildman–Crippen MR) is 96.5 cm³/mol. The number of rotatable bonds is 6. The quantitative estimate of drug-likeness (QED) is 0.514. The molecule has 2 rings (SSSR count). The molecule has 0 aliphatic heterocycles. The molecule has 27 heavy (non-hydrogen) atoms. The average molecular weight is 415 g/mol.